The first kappa shape index (κ1) is 23.4. The van der Waals surface area contributed by atoms with Crippen LogP contribution < -0.4 is 10.7 Å². The van der Waals surface area contributed by atoms with Crippen LogP contribution in [0.1, 0.15) is 61.0 Å². The van der Waals surface area contributed by atoms with E-state index in [0.717, 1.165) is 12.0 Å². The molecule has 0 aliphatic heterocycles. The maximum absolute atomic E-state index is 13.0. The molecule has 4 rings (SSSR count). The maximum Gasteiger partial charge on any atom is 0.339 e. The molecule has 9 heteroatoms. The lowest BCUT2D eigenvalue weighted by atomic mass is 9.93. The zero-order valence-electron chi connectivity index (χ0n) is 18.6. The van der Waals surface area contributed by atoms with Gasteiger partial charge in [-0.2, -0.15) is 5.10 Å². The van der Waals surface area contributed by atoms with E-state index in [-0.39, 0.29) is 17.2 Å². The smallest absolute Gasteiger partial charge is 0.339 e. The first-order chi connectivity index (χ1) is 16.4. The summed E-state index contributed by atoms with van der Waals surface area (Å²) >= 11 is 3.37. The number of aryl methyl sites for hydroxylation is 1. The molecule has 3 aromatic rings. The third-order valence-corrected chi connectivity index (χ3v) is 6.21. The number of furan rings is 1. The lowest BCUT2D eigenvalue weighted by Gasteiger charge is -2.13. The Labute approximate surface area is 204 Å². The molecule has 0 saturated carbocycles. The Morgan fingerprint density at radius 2 is 1.71 bits per heavy atom. The zero-order valence-corrected chi connectivity index (χ0v) is 20.2. The van der Waals surface area contributed by atoms with Crippen LogP contribution >= 0.6 is 15.9 Å². The summed E-state index contributed by atoms with van der Waals surface area (Å²) in [6.07, 6.45) is 2.06. The number of hydrogen-bond donors (Lipinski definition) is 2. The molecule has 34 heavy (non-hydrogen) atoms. The number of amides is 2. The van der Waals surface area contributed by atoms with Gasteiger partial charge in [-0.05, 0) is 60.0 Å². The van der Waals surface area contributed by atoms with Crippen molar-refractivity contribution in [3.63, 3.8) is 0 Å². The van der Waals surface area contributed by atoms with Gasteiger partial charge in [-0.1, -0.05) is 24.3 Å². The number of carbonyl (C=O) groups is 3. The van der Waals surface area contributed by atoms with Crippen LogP contribution in [-0.4, -0.2) is 30.6 Å². The summed E-state index contributed by atoms with van der Waals surface area (Å²) in [6, 6.07) is 13.7. The van der Waals surface area contributed by atoms with Gasteiger partial charge in [0.25, 0.3) is 11.8 Å². The molecule has 0 radical (unpaired) electrons. The van der Waals surface area contributed by atoms with Crippen molar-refractivity contribution in [1.82, 2.24) is 5.43 Å². The highest BCUT2D eigenvalue weighted by atomic mass is 79.9. The van der Waals surface area contributed by atoms with E-state index in [1.807, 2.05) is 6.07 Å². The van der Waals surface area contributed by atoms with Gasteiger partial charge in [-0.3, -0.25) is 9.59 Å². The number of para-hydroxylation sites is 1. The first-order valence-corrected chi connectivity index (χ1v) is 11.4. The molecule has 0 spiro atoms. The van der Waals surface area contributed by atoms with Crippen LogP contribution in [0.25, 0.3) is 0 Å². The van der Waals surface area contributed by atoms with Crippen LogP contribution in [0.4, 0.5) is 5.69 Å². The number of halogens is 1. The maximum atomic E-state index is 13.0. The Hall–Kier alpha value is -3.72. The number of carbonyl (C=O) groups excluding carboxylic acids is 3. The van der Waals surface area contributed by atoms with E-state index < -0.39 is 11.9 Å². The van der Waals surface area contributed by atoms with Crippen LogP contribution in [0.2, 0.25) is 0 Å². The number of nitrogens with one attached hydrogen (secondary N) is 2. The minimum Gasteiger partial charge on any atom is -0.465 e. The highest BCUT2D eigenvalue weighted by Gasteiger charge is 2.28. The second kappa shape index (κ2) is 10.0. The quantitative estimate of drug-likeness (QED) is 0.366. The topological polar surface area (TPSA) is 110 Å². The fourth-order valence-corrected chi connectivity index (χ4v) is 4.34. The van der Waals surface area contributed by atoms with Crippen molar-refractivity contribution in [2.24, 2.45) is 5.10 Å². The number of hydrogen-bond acceptors (Lipinski definition) is 6. The van der Waals surface area contributed by atoms with Gasteiger partial charge in [0.15, 0.2) is 5.76 Å². The standard InChI is InChI=1S/C25H22BrN3O5/c1-14-21-19(28-29-23(30)15-8-3-5-10-17(15)26)12-7-13-20(21)34-22(14)24(31)27-18-11-6-4-9-16(18)25(32)33-2/h3-6,8-11H,7,12-13H2,1-2H3,(H,27,31)(H,29,30)/b28-19+. The molecule has 2 aromatic carbocycles. The minimum atomic E-state index is -0.554. The minimum absolute atomic E-state index is 0.136. The van der Waals surface area contributed by atoms with E-state index >= 15 is 0 Å². The van der Waals surface area contributed by atoms with Gasteiger partial charge < -0.3 is 14.5 Å². The molecule has 2 amide bonds. The monoisotopic (exact) mass is 523 g/mol. The van der Waals surface area contributed by atoms with Gasteiger partial charge in [0, 0.05) is 22.0 Å². The molecule has 0 saturated heterocycles. The molecule has 2 N–H and O–H groups in total. The van der Waals surface area contributed by atoms with Crippen molar-refractivity contribution in [3.8, 4) is 0 Å². The molecule has 1 heterocycles. The second-order valence-electron chi connectivity index (χ2n) is 7.68. The Kier molecular flexibility index (Phi) is 6.93. The van der Waals surface area contributed by atoms with Crippen molar-refractivity contribution < 1.29 is 23.5 Å². The summed E-state index contributed by atoms with van der Waals surface area (Å²) in [4.78, 5) is 37.6. The molecule has 0 fully saturated rings. The molecule has 1 aliphatic rings. The van der Waals surface area contributed by atoms with Gasteiger partial charge in [0.05, 0.1) is 29.6 Å². The average Bonchev–Trinajstić information content (AvgIpc) is 3.20. The second-order valence-corrected chi connectivity index (χ2v) is 8.53. The molecular formula is C25H22BrN3O5. The summed E-state index contributed by atoms with van der Waals surface area (Å²) in [5, 5.41) is 7.09. The van der Waals surface area contributed by atoms with E-state index in [1.165, 1.54) is 7.11 Å². The van der Waals surface area contributed by atoms with Crippen molar-refractivity contribution in [1.29, 1.82) is 0 Å². The lowest BCUT2D eigenvalue weighted by molar-refractivity contribution is 0.0601. The fourth-order valence-electron chi connectivity index (χ4n) is 3.88. The number of ether oxygens (including phenoxy) is 1. The summed E-state index contributed by atoms with van der Waals surface area (Å²) in [5.41, 5.74) is 5.64. The number of rotatable bonds is 5. The summed E-state index contributed by atoms with van der Waals surface area (Å²) in [6.45, 7) is 1.78. The summed E-state index contributed by atoms with van der Waals surface area (Å²) < 4.78 is 11.4. The van der Waals surface area contributed by atoms with E-state index in [0.29, 0.717) is 45.6 Å². The molecule has 0 bridgehead atoms. The Balaban J connectivity index is 1.59. The lowest BCUT2D eigenvalue weighted by Crippen LogP contribution is -2.22. The Morgan fingerprint density at radius 1 is 1.00 bits per heavy atom. The van der Waals surface area contributed by atoms with E-state index in [4.69, 9.17) is 9.15 Å². The Morgan fingerprint density at radius 3 is 2.44 bits per heavy atom. The van der Waals surface area contributed by atoms with Crippen molar-refractivity contribution in [2.45, 2.75) is 26.2 Å². The molecule has 0 atom stereocenters. The third-order valence-electron chi connectivity index (χ3n) is 5.52. The fraction of sp³-hybridized carbons (Fsp3) is 0.200. The number of esters is 1. The number of methoxy groups -OCH3 is 1. The SMILES string of the molecule is COC(=O)c1ccccc1NC(=O)c1oc2c(c1C)/C(=N/NC(=O)c1ccccc1Br)CCC2. The number of benzene rings is 2. The first-order valence-electron chi connectivity index (χ1n) is 10.6. The highest BCUT2D eigenvalue weighted by Crippen LogP contribution is 2.30. The van der Waals surface area contributed by atoms with Crippen molar-refractivity contribution in [3.05, 3.63) is 86.8 Å². The normalized spacial score (nSPS) is 13.8. The summed E-state index contributed by atoms with van der Waals surface area (Å²) in [5.74, 6) is -0.604. The van der Waals surface area contributed by atoms with Crippen LogP contribution in [-0.2, 0) is 11.2 Å². The number of nitrogens with zero attached hydrogens (tertiary/aromatic N) is 1. The Bertz CT molecular complexity index is 1310. The molecule has 0 unspecified atom stereocenters. The molecule has 174 valence electrons. The molecule has 1 aliphatic carbocycles. The van der Waals surface area contributed by atoms with Gasteiger partial charge in [0.2, 0.25) is 0 Å². The average molecular weight is 524 g/mol. The van der Waals surface area contributed by atoms with E-state index in [2.05, 4.69) is 31.8 Å². The van der Waals surface area contributed by atoms with Gasteiger partial charge in [-0.25, -0.2) is 10.2 Å². The molecule has 1 aromatic heterocycles. The number of hydrazone groups is 1. The van der Waals surface area contributed by atoms with Crippen LogP contribution in [0, 0.1) is 6.92 Å². The van der Waals surface area contributed by atoms with Crippen LogP contribution in [0.15, 0.2) is 62.5 Å². The van der Waals surface area contributed by atoms with Crippen LogP contribution in [0.5, 0.6) is 0 Å². The molecular weight excluding hydrogens is 502 g/mol. The highest BCUT2D eigenvalue weighted by molar-refractivity contribution is 9.10. The zero-order chi connectivity index (χ0) is 24.2. The predicted molar refractivity (Wildman–Crippen MR) is 130 cm³/mol. The van der Waals surface area contributed by atoms with Crippen LogP contribution in [0.3, 0.4) is 0 Å². The number of fused-ring (bicyclic) bond motifs is 1. The van der Waals surface area contributed by atoms with Gasteiger partial charge in [-0.15, -0.1) is 0 Å². The largest absolute Gasteiger partial charge is 0.465 e. The number of anilines is 1. The summed E-state index contributed by atoms with van der Waals surface area (Å²) in [7, 11) is 1.28. The predicted octanol–water partition coefficient (Wildman–Crippen LogP) is 4.86. The third kappa shape index (κ3) is 4.65. The van der Waals surface area contributed by atoms with Crippen molar-refractivity contribution >= 4 is 45.1 Å². The van der Waals surface area contributed by atoms with E-state index in [1.54, 1.807) is 49.4 Å². The van der Waals surface area contributed by atoms with Crippen molar-refractivity contribution in [2.75, 3.05) is 12.4 Å². The van der Waals surface area contributed by atoms with E-state index in [9.17, 15) is 14.4 Å². The van der Waals surface area contributed by atoms with Gasteiger partial charge >= 0.3 is 5.97 Å². The molecule has 8 nitrogen and oxygen atoms in total. The van der Waals surface area contributed by atoms with Gasteiger partial charge in [0.1, 0.15) is 5.76 Å².